The van der Waals surface area contributed by atoms with Crippen LogP contribution in [0.25, 0.3) is 0 Å². The predicted molar refractivity (Wildman–Crippen MR) is 96.3 cm³/mol. The lowest BCUT2D eigenvalue weighted by Crippen LogP contribution is -2.34. The number of hydrogen-bond acceptors (Lipinski definition) is 4. The monoisotopic (exact) mass is 364 g/mol. The number of amides is 2. The summed E-state index contributed by atoms with van der Waals surface area (Å²) >= 11 is 6.17. The normalized spacial score (nSPS) is 10.4. The average Bonchev–Trinajstić information content (AvgIpc) is 3.02. The number of benzene rings is 1. The SMILES string of the molecule is CCN(CC)C(=O)COc1ccc(NC(=O)c2ccc(C)o2)cc1Cl. The molecule has 7 heteroatoms. The van der Waals surface area contributed by atoms with Crippen LogP contribution in [0.5, 0.6) is 5.75 Å². The van der Waals surface area contributed by atoms with Gasteiger partial charge in [-0.15, -0.1) is 0 Å². The fourth-order valence-electron chi connectivity index (χ4n) is 2.25. The van der Waals surface area contributed by atoms with Gasteiger partial charge in [-0.25, -0.2) is 0 Å². The summed E-state index contributed by atoms with van der Waals surface area (Å²) in [6.45, 7) is 6.75. The summed E-state index contributed by atoms with van der Waals surface area (Å²) in [7, 11) is 0. The highest BCUT2D eigenvalue weighted by molar-refractivity contribution is 6.32. The van der Waals surface area contributed by atoms with E-state index in [9.17, 15) is 9.59 Å². The number of hydrogen-bond donors (Lipinski definition) is 1. The van der Waals surface area contributed by atoms with Gasteiger partial charge in [0.2, 0.25) is 0 Å². The standard InChI is InChI=1S/C18H21ClN2O4/c1-4-21(5-2)17(22)11-24-15-9-7-13(10-14(15)19)20-18(23)16-8-6-12(3)25-16/h6-10H,4-5,11H2,1-3H3,(H,20,23). The van der Waals surface area contributed by atoms with Gasteiger partial charge in [0.1, 0.15) is 11.5 Å². The van der Waals surface area contributed by atoms with E-state index in [1.165, 1.54) is 0 Å². The molecular formula is C18H21ClN2O4. The van der Waals surface area contributed by atoms with Crippen molar-refractivity contribution in [3.8, 4) is 5.75 Å². The van der Waals surface area contributed by atoms with Gasteiger partial charge in [0.05, 0.1) is 5.02 Å². The molecule has 0 bridgehead atoms. The summed E-state index contributed by atoms with van der Waals surface area (Å²) in [5, 5.41) is 3.00. The largest absolute Gasteiger partial charge is 0.482 e. The van der Waals surface area contributed by atoms with Crippen LogP contribution in [0.4, 0.5) is 5.69 Å². The van der Waals surface area contributed by atoms with Gasteiger partial charge in [-0.3, -0.25) is 9.59 Å². The number of rotatable bonds is 7. The minimum atomic E-state index is -0.366. The molecule has 1 aromatic carbocycles. The summed E-state index contributed by atoms with van der Waals surface area (Å²) in [6.07, 6.45) is 0. The summed E-state index contributed by atoms with van der Waals surface area (Å²) in [6, 6.07) is 8.14. The highest BCUT2D eigenvalue weighted by Crippen LogP contribution is 2.28. The first-order chi connectivity index (χ1) is 11.9. The molecule has 0 aliphatic rings. The molecule has 2 aromatic rings. The number of carbonyl (C=O) groups excluding carboxylic acids is 2. The Kier molecular flexibility index (Phi) is 6.47. The molecule has 0 unspecified atom stereocenters. The van der Waals surface area contributed by atoms with Crippen LogP contribution in [-0.4, -0.2) is 36.4 Å². The van der Waals surface area contributed by atoms with Crippen molar-refractivity contribution in [3.63, 3.8) is 0 Å². The molecule has 1 aromatic heterocycles. The smallest absolute Gasteiger partial charge is 0.291 e. The number of likely N-dealkylation sites (N-methyl/N-ethyl adjacent to an activating group) is 1. The van der Waals surface area contributed by atoms with Crippen molar-refractivity contribution < 1.29 is 18.7 Å². The maximum atomic E-state index is 12.1. The fourth-order valence-corrected chi connectivity index (χ4v) is 2.49. The summed E-state index contributed by atoms with van der Waals surface area (Å²) in [5.74, 6) is 0.791. The molecule has 6 nitrogen and oxygen atoms in total. The van der Waals surface area contributed by atoms with Gasteiger partial charge in [-0.05, 0) is 51.1 Å². The van der Waals surface area contributed by atoms with Crippen LogP contribution in [0, 0.1) is 6.92 Å². The first kappa shape index (κ1) is 18.9. The molecular weight excluding hydrogens is 344 g/mol. The van der Waals surface area contributed by atoms with Crippen LogP contribution in [0.15, 0.2) is 34.7 Å². The Hall–Kier alpha value is -2.47. The maximum Gasteiger partial charge on any atom is 0.291 e. The van der Waals surface area contributed by atoms with Gasteiger partial charge < -0.3 is 19.4 Å². The second-order valence-electron chi connectivity index (χ2n) is 5.36. The van der Waals surface area contributed by atoms with E-state index in [1.54, 1.807) is 42.2 Å². The number of ether oxygens (including phenoxy) is 1. The molecule has 0 atom stereocenters. The van der Waals surface area contributed by atoms with Crippen molar-refractivity contribution in [2.24, 2.45) is 0 Å². The Morgan fingerprint density at radius 1 is 1.20 bits per heavy atom. The van der Waals surface area contributed by atoms with E-state index in [1.807, 2.05) is 13.8 Å². The van der Waals surface area contributed by atoms with E-state index in [-0.39, 0.29) is 24.2 Å². The third-order valence-corrected chi connectivity index (χ3v) is 3.92. The summed E-state index contributed by atoms with van der Waals surface area (Å²) < 4.78 is 10.7. The predicted octanol–water partition coefficient (Wildman–Crippen LogP) is 3.74. The van der Waals surface area contributed by atoms with E-state index < -0.39 is 0 Å². The molecule has 0 spiro atoms. The van der Waals surface area contributed by atoms with E-state index in [0.717, 1.165) is 0 Å². The van der Waals surface area contributed by atoms with Crippen molar-refractivity contribution in [1.29, 1.82) is 0 Å². The van der Waals surface area contributed by atoms with E-state index in [0.29, 0.717) is 35.3 Å². The van der Waals surface area contributed by atoms with Crippen molar-refractivity contribution >= 4 is 29.1 Å². The molecule has 1 N–H and O–H groups in total. The first-order valence-electron chi connectivity index (χ1n) is 8.02. The molecule has 1 heterocycles. The van der Waals surface area contributed by atoms with Crippen LogP contribution < -0.4 is 10.1 Å². The van der Waals surface area contributed by atoms with E-state index >= 15 is 0 Å². The van der Waals surface area contributed by atoms with Crippen LogP contribution in [0.2, 0.25) is 5.02 Å². The average molecular weight is 365 g/mol. The molecule has 0 fully saturated rings. The zero-order valence-corrected chi connectivity index (χ0v) is 15.2. The van der Waals surface area contributed by atoms with Crippen LogP contribution in [0.3, 0.4) is 0 Å². The number of furan rings is 1. The van der Waals surface area contributed by atoms with Crippen LogP contribution in [-0.2, 0) is 4.79 Å². The van der Waals surface area contributed by atoms with Crippen molar-refractivity contribution in [2.75, 3.05) is 25.0 Å². The minimum Gasteiger partial charge on any atom is -0.482 e. The Morgan fingerprint density at radius 2 is 1.92 bits per heavy atom. The van der Waals surface area contributed by atoms with E-state index in [2.05, 4.69) is 5.32 Å². The Balaban J connectivity index is 1.98. The zero-order valence-electron chi connectivity index (χ0n) is 14.5. The molecule has 25 heavy (non-hydrogen) atoms. The number of halogens is 1. The molecule has 0 aliphatic carbocycles. The molecule has 0 saturated carbocycles. The van der Waals surface area contributed by atoms with Crippen molar-refractivity contribution in [3.05, 3.63) is 46.9 Å². The highest BCUT2D eigenvalue weighted by Gasteiger charge is 2.13. The molecule has 134 valence electrons. The lowest BCUT2D eigenvalue weighted by molar-refractivity contribution is -0.132. The third kappa shape index (κ3) is 5.00. The summed E-state index contributed by atoms with van der Waals surface area (Å²) in [4.78, 5) is 25.7. The number of nitrogens with zero attached hydrogens (tertiary/aromatic N) is 1. The van der Waals surface area contributed by atoms with Crippen molar-refractivity contribution in [1.82, 2.24) is 4.90 Å². The topological polar surface area (TPSA) is 71.8 Å². The van der Waals surface area contributed by atoms with Gasteiger partial charge >= 0.3 is 0 Å². The third-order valence-electron chi connectivity index (χ3n) is 3.62. The second-order valence-corrected chi connectivity index (χ2v) is 5.77. The minimum absolute atomic E-state index is 0.0845. The molecule has 2 amide bonds. The number of anilines is 1. The highest BCUT2D eigenvalue weighted by atomic mass is 35.5. The fraction of sp³-hybridized carbons (Fsp3) is 0.333. The number of aryl methyl sites for hydroxylation is 1. The van der Waals surface area contributed by atoms with Gasteiger partial charge in [0.15, 0.2) is 12.4 Å². The zero-order chi connectivity index (χ0) is 18.4. The van der Waals surface area contributed by atoms with Crippen molar-refractivity contribution in [2.45, 2.75) is 20.8 Å². The quantitative estimate of drug-likeness (QED) is 0.812. The van der Waals surface area contributed by atoms with Gasteiger partial charge in [0.25, 0.3) is 11.8 Å². The Labute approximate surface area is 151 Å². The maximum absolute atomic E-state index is 12.1. The van der Waals surface area contributed by atoms with E-state index in [4.69, 9.17) is 20.8 Å². The molecule has 0 aliphatic heterocycles. The molecule has 0 radical (unpaired) electrons. The number of carbonyl (C=O) groups is 2. The molecule has 0 saturated heterocycles. The van der Waals surface area contributed by atoms with Crippen LogP contribution in [0.1, 0.15) is 30.2 Å². The molecule has 2 rings (SSSR count). The summed E-state index contributed by atoms with van der Waals surface area (Å²) in [5.41, 5.74) is 0.506. The number of nitrogens with one attached hydrogen (secondary N) is 1. The Morgan fingerprint density at radius 3 is 2.48 bits per heavy atom. The van der Waals surface area contributed by atoms with Crippen LogP contribution >= 0.6 is 11.6 Å². The van der Waals surface area contributed by atoms with Gasteiger partial charge in [0, 0.05) is 18.8 Å². The van der Waals surface area contributed by atoms with Gasteiger partial charge in [-0.1, -0.05) is 11.6 Å². The van der Waals surface area contributed by atoms with Gasteiger partial charge in [-0.2, -0.15) is 0 Å². The lowest BCUT2D eigenvalue weighted by Gasteiger charge is -2.19. The first-order valence-corrected chi connectivity index (χ1v) is 8.40. The second kappa shape index (κ2) is 8.58. The Bertz CT molecular complexity index is 753. The lowest BCUT2D eigenvalue weighted by atomic mass is 10.3.